The molecule has 1 aromatic carbocycles. The van der Waals surface area contributed by atoms with Gasteiger partial charge in [0.15, 0.2) is 0 Å². The Kier molecular flexibility index (Phi) is 5.01. The van der Waals surface area contributed by atoms with E-state index >= 15 is 0 Å². The monoisotopic (exact) mass is 275 g/mol. The Balaban J connectivity index is 1.79. The molecule has 0 aromatic heterocycles. The van der Waals surface area contributed by atoms with Crippen LogP contribution in [0, 0.1) is 5.92 Å². The molecule has 0 saturated carbocycles. The zero-order valence-electron chi connectivity index (χ0n) is 12.5. The molecule has 2 rings (SSSR count). The molecular weight excluding hydrogens is 250 g/mol. The van der Waals surface area contributed by atoms with Crippen LogP contribution >= 0.6 is 0 Å². The molecule has 0 atom stereocenters. The van der Waals surface area contributed by atoms with Crippen LogP contribution in [0.3, 0.4) is 0 Å². The molecule has 0 unspecified atom stereocenters. The Morgan fingerprint density at radius 3 is 2.30 bits per heavy atom. The van der Waals surface area contributed by atoms with Crippen LogP contribution in [0.4, 0.5) is 5.69 Å². The van der Waals surface area contributed by atoms with Gasteiger partial charge in [0, 0.05) is 44.8 Å². The van der Waals surface area contributed by atoms with Crippen LogP contribution in [0.1, 0.15) is 25.8 Å². The summed E-state index contributed by atoms with van der Waals surface area (Å²) in [7, 11) is 0. The molecule has 1 aliphatic rings. The van der Waals surface area contributed by atoms with Gasteiger partial charge < -0.3 is 10.6 Å². The number of benzene rings is 1. The quantitative estimate of drug-likeness (QED) is 0.855. The van der Waals surface area contributed by atoms with Gasteiger partial charge in [-0.3, -0.25) is 9.69 Å². The molecule has 20 heavy (non-hydrogen) atoms. The van der Waals surface area contributed by atoms with Crippen molar-refractivity contribution in [3.8, 4) is 0 Å². The van der Waals surface area contributed by atoms with Crippen LogP contribution in [0.15, 0.2) is 24.3 Å². The molecule has 1 fully saturated rings. The second-order valence-electron chi connectivity index (χ2n) is 6.00. The van der Waals surface area contributed by atoms with Gasteiger partial charge in [-0.1, -0.05) is 26.0 Å². The van der Waals surface area contributed by atoms with Gasteiger partial charge in [0.25, 0.3) is 0 Å². The van der Waals surface area contributed by atoms with Crippen LogP contribution in [0.2, 0.25) is 0 Å². The summed E-state index contributed by atoms with van der Waals surface area (Å²) in [5.41, 5.74) is 7.78. The first-order valence-electron chi connectivity index (χ1n) is 7.39. The Labute approximate surface area is 121 Å². The van der Waals surface area contributed by atoms with Gasteiger partial charge in [-0.15, -0.1) is 0 Å². The highest BCUT2D eigenvalue weighted by molar-refractivity contribution is 5.76. The van der Waals surface area contributed by atoms with Crippen molar-refractivity contribution in [2.75, 3.05) is 31.9 Å². The fraction of sp³-hybridized carbons (Fsp3) is 0.562. The third kappa shape index (κ3) is 4.23. The first kappa shape index (κ1) is 14.9. The van der Waals surface area contributed by atoms with E-state index in [-0.39, 0.29) is 0 Å². The molecule has 110 valence electrons. The van der Waals surface area contributed by atoms with Gasteiger partial charge in [-0.05, 0) is 23.6 Å². The Morgan fingerprint density at radius 2 is 1.75 bits per heavy atom. The molecule has 0 spiro atoms. The van der Waals surface area contributed by atoms with Gasteiger partial charge in [-0.25, -0.2) is 0 Å². The van der Waals surface area contributed by atoms with Crippen LogP contribution < -0.4 is 5.73 Å². The smallest absolute Gasteiger partial charge is 0.222 e. The van der Waals surface area contributed by atoms with Gasteiger partial charge in [0.1, 0.15) is 0 Å². The minimum Gasteiger partial charge on any atom is -0.399 e. The average Bonchev–Trinajstić information content (AvgIpc) is 2.41. The van der Waals surface area contributed by atoms with Crippen molar-refractivity contribution >= 4 is 11.6 Å². The highest BCUT2D eigenvalue weighted by Crippen LogP contribution is 2.12. The van der Waals surface area contributed by atoms with Crippen molar-refractivity contribution in [1.29, 1.82) is 0 Å². The standard InChI is InChI=1S/C16H25N3O/c1-13(2)11-16(20)19-9-7-18(8-10-19)12-14-3-5-15(17)6-4-14/h3-6,13H,7-12,17H2,1-2H3. The summed E-state index contributed by atoms with van der Waals surface area (Å²) in [4.78, 5) is 16.4. The zero-order chi connectivity index (χ0) is 14.5. The molecule has 4 nitrogen and oxygen atoms in total. The van der Waals surface area contributed by atoms with Crippen molar-refractivity contribution in [3.63, 3.8) is 0 Å². The number of carbonyl (C=O) groups excluding carboxylic acids is 1. The van der Waals surface area contributed by atoms with Crippen LogP contribution in [0.25, 0.3) is 0 Å². The molecule has 1 aromatic rings. The lowest BCUT2D eigenvalue weighted by atomic mass is 10.1. The minimum atomic E-state index is 0.298. The van der Waals surface area contributed by atoms with Crippen LogP contribution in [-0.2, 0) is 11.3 Å². The Bertz CT molecular complexity index is 434. The number of nitrogens with zero attached hydrogens (tertiary/aromatic N) is 2. The number of nitrogen functional groups attached to an aromatic ring is 1. The summed E-state index contributed by atoms with van der Waals surface area (Å²) in [6, 6.07) is 8.03. The first-order chi connectivity index (χ1) is 9.54. The number of hydrogen-bond donors (Lipinski definition) is 1. The summed E-state index contributed by atoms with van der Waals surface area (Å²) in [6.07, 6.45) is 0.665. The van der Waals surface area contributed by atoms with E-state index in [1.807, 2.05) is 17.0 Å². The highest BCUT2D eigenvalue weighted by Gasteiger charge is 2.21. The maximum Gasteiger partial charge on any atom is 0.222 e. The van der Waals surface area contributed by atoms with E-state index in [0.29, 0.717) is 18.2 Å². The molecule has 1 saturated heterocycles. The SMILES string of the molecule is CC(C)CC(=O)N1CCN(Cc2ccc(N)cc2)CC1. The predicted molar refractivity (Wildman–Crippen MR) is 82.2 cm³/mol. The zero-order valence-corrected chi connectivity index (χ0v) is 12.5. The third-order valence-electron chi connectivity index (χ3n) is 3.69. The molecule has 1 heterocycles. The molecule has 0 radical (unpaired) electrons. The predicted octanol–water partition coefficient (Wildman–Crippen LogP) is 1.96. The maximum atomic E-state index is 12.0. The fourth-order valence-corrected chi connectivity index (χ4v) is 2.51. The molecule has 0 bridgehead atoms. The molecular formula is C16H25N3O. The van der Waals surface area contributed by atoms with Crippen molar-refractivity contribution in [2.45, 2.75) is 26.8 Å². The second kappa shape index (κ2) is 6.75. The van der Waals surface area contributed by atoms with Gasteiger partial charge in [0.05, 0.1) is 0 Å². The number of amides is 1. The van der Waals surface area contributed by atoms with Crippen molar-refractivity contribution in [2.24, 2.45) is 5.92 Å². The largest absolute Gasteiger partial charge is 0.399 e. The normalized spacial score (nSPS) is 16.6. The van der Waals surface area contributed by atoms with Crippen LogP contribution in [-0.4, -0.2) is 41.9 Å². The number of piperazine rings is 1. The highest BCUT2D eigenvalue weighted by atomic mass is 16.2. The van der Waals surface area contributed by atoms with E-state index in [1.165, 1.54) is 5.56 Å². The van der Waals surface area contributed by atoms with E-state index < -0.39 is 0 Å². The lowest BCUT2D eigenvalue weighted by Crippen LogP contribution is -2.48. The number of anilines is 1. The summed E-state index contributed by atoms with van der Waals surface area (Å²) < 4.78 is 0. The fourth-order valence-electron chi connectivity index (χ4n) is 2.51. The topological polar surface area (TPSA) is 49.6 Å². The summed E-state index contributed by atoms with van der Waals surface area (Å²) in [5, 5.41) is 0. The van der Waals surface area contributed by atoms with Gasteiger partial charge in [-0.2, -0.15) is 0 Å². The molecule has 2 N–H and O–H groups in total. The number of nitrogens with two attached hydrogens (primary N) is 1. The summed E-state index contributed by atoms with van der Waals surface area (Å²) in [5.74, 6) is 0.738. The van der Waals surface area contributed by atoms with E-state index in [1.54, 1.807) is 0 Å². The minimum absolute atomic E-state index is 0.298. The van der Waals surface area contributed by atoms with Gasteiger partial charge in [0.2, 0.25) is 5.91 Å². The Hall–Kier alpha value is -1.55. The lowest BCUT2D eigenvalue weighted by molar-refractivity contribution is -0.133. The van der Waals surface area contributed by atoms with E-state index in [4.69, 9.17) is 5.73 Å². The molecule has 1 aliphatic heterocycles. The third-order valence-corrected chi connectivity index (χ3v) is 3.69. The van der Waals surface area contributed by atoms with Gasteiger partial charge >= 0.3 is 0 Å². The average molecular weight is 275 g/mol. The molecule has 4 heteroatoms. The van der Waals surface area contributed by atoms with E-state index in [9.17, 15) is 4.79 Å². The first-order valence-corrected chi connectivity index (χ1v) is 7.39. The van der Waals surface area contributed by atoms with Crippen LogP contribution in [0.5, 0.6) is 0 Å². The van der Waals surface area contributed by atoms with Crippen molar-refractivity contribution in [1.82, 2.24) is 9.80 Å². The Morgan fingerprint density at radius 1 is 1.15 bits per heavy atom. The molecule has 0 aliphatic carbocycles. The molecule has 1 amide bonds. The second-order valence-corrected chi connectivity index (χ2v) is 6.00. The van der Waals surface area contributed by atoms with E-state index in [0.717, 1.165) is 38.4 Å². The van der Waals surface area contributed by atoms with Crippen molar-refractivity contribution < 1.29 is 4.79 Å². The maximum absolute atomic E-state index is 12.0. The lowest BCUT2D eigenvalue weighted by Gasteiger charge is -2.35. The van der Waals surface area contributed by atoms with Crippen molar-refractivity contribution in [3.05, 3.63) is 29.8 Å². The number of hydrogen-bond acceptors (Lipinski definition) is 3. The van der Waals surface area contributed by atoms with E-state index in [2.05, 4.69) is 30.9 Å². The number of carbonyl (C=O) groups is 1. The number of rotatable bonds is 4. The summed E-state index contributed by atoms with van der Waals surface area (Å²) in [6.45, 7) is 8.72. The summed E-state index contributed by atoms with van der Waals surface area (Å²) >= 11 is 0.